The van der Waals surface area contributed by atoms with E-state index < -0.39 is 6.04 Å². The Morgan fingerprint density at radius 3 is 2.36 bits per heavy atom. The minimum Gasteiger partial charge on any atom is -0.497 e. The predicted octanol–water partition coefficient (Wildman–Crippen LogP) is 4.88. The summed E-state index contributed by atoms with van der Waals surface area (Å²) in [5.74, 6) is 0.174. The van der Waals surface area contributed by atoms with E-state index in [1.165, 1.54) is 4.90 Å². The van der Waals surface area contributed by atoms with Crippen LogP contribution in [-0.4, -0.2) is 35.0 Å². The number of rotatable bonds is 7. The Morgan fingerprint density at radius 1 is 1.03 bits per heavy atom. The molecule has 6 nitrogen and oxygen atoms in total. The van der Waals surface area contributed by atoms with Gasteiger partial charge < -0.3 is 15.0 Å². The van der Waals surface area contributed by atoms with E-state index in [0.717, 1.165) is 11.3 Å². The summed E-state index contributed by atoms with van der Waals surface area (Å²) >= 11 is 11.9. The largest absolute Gasteiger partial charge is 0.497 e. The average Bonchev–Trinajstić information content (AvgIpc) is 3.05. The quantitative estimate of drug-likeness (QED) is 0.489. The molecule has 33 heavy (non-hydrogen) atoms. The number of hydrogen-bond donors (Lipinski definition) is 1. The number of hydrogen-bond acceptors (Lipinski definition) is 4. The molecule has 1 heterocycles. The highest BCUT2D eigenvalue weighted by atomic mass is 35.5. The molecule has 0 aliphatic carbocycles. The van der Waals surface area contributed by atoms with Crippen molar-refractivity contribution in [2.75, 3.05) is 17.3 Å². The molecule has 1 unspecified atom stereocenters. The number of benzene rings is 3. The first-order valence-electron chi connectivity index (χ1n) is 10.3. The summed E-state index contributed by atoms with van der Waals surface area (Å²) < 4.78 is 5.23. The number of para-hydroxylation sites is 2. The Bertz CT molecular complexity index is 1170. The van der Waals surface area contributed by atoms with E-state index in [9.17, 15) is 9.59 Å². The lowest BCUT2D eigenvalue weighted by Gasteiger charge is -2.24. The standard InChI is InChI=1S/C25H22ClN3O3S/c1-32-19-13-11-17(12-14-19)16-28-22(15-23(30)27-21-10-6-5-9-20(21)26)24(31)29(25(28)33)18-7-3-2-4-8-18/h2-14,22H,15-16H2,1H3,(H,27,30). The maximum atomic E-state index is 13.4. The third-order valence-corrected chi connectivity index (χ3v) is 6.12. The molecule has 1 fully saturated rings. The molecule has 1 aliphatic rings. The van der Waals surface area contributed by atoms with Crippen LogP contribution in [0.15, 0.2) is 78.9 Å². The third kappa shape index (κ3) is 4.99. The number of amides is 2. The fourth-order valence-electron chi connectivity index (χ4n) is 3.70. The summed E-state index contributed by atoms with van der Waals surface area (Å²) in [4.78, 5) is 29.6. The lowest BCUT2D eigenvalue weighted by molar-refractivity contribution is -0.124. The molecular formula is C25H22ClN3O3S. The van der Waals surface area contributed by atoms with Crippen LogP contribution < -0.4 is 15.0 Å². The van der Waals surface area contributed by atoms with Gasteiger partial charge in [0.15, 0.2) is 5.11 Å². The molecule has 0 saturated carbocycles. The van der Waals surface area contributed by atoms with Crippen molar-refractivity contribution in [1.29, 1.82) is 0 Å². The molecule has 168 valence electrons. The number of methoxy groups -OCH3 is 1. The molecule has 2 amide bonds. The molecule has 3 aromatic rings. The molecule has 3 aromatic carbocycles. The fraction of sp³-hybridized carbons (Fsp3) is 0.160. The van der Waals surface area contributed by atoms with Gasteiger partial charge in [-0.1, -0.05) is 54.1 Å². The molecule has 0 spiro atoms. The average molecular weight is 480 g/mol. The summed E-state index contributed by atoms with van der Waals surface area (Å²) in [5.41, 5.74) is 2.11. The van der Waals surface area contributed by atoms with Gasteiger partial charge >= 0.3 is 0 Å². The number of carbonyl (C=O) groups is 2. The third-order valence-electron chi connectivity index (χ3n) is 5.37. The van der Waals surface area contributed by atoms with Gasteiger partial charge in [-0.25, -0.2) is 0 Å². The van der Waals surface area contributed by atoms with Gasteiger partial charge in [-0.05, 0) is 54.2 Å². The Hall–Kier alpha value is -3.42. The molecule has 1 atom stereocenters. The smallest absolute Gasteiger partial charge is 0.256 e. The summed E-state index contributed by atoms with van der Waals surface area (Å²) in [5, 5.41) is 3.59. The first-order valence-corrected chi connectivity index (χ1v) is 11.1. The van der Waals surface area contributed by atoms with Crippen LogP contribution in [0.2, 0.25) is 5.02 Å². The highest BCUT2D eigenvalue weighted by Gasteiger charge is 2.44. The maximum Gasteiger partial charge on any atom is 0.256 e. The minimum atomic E-state index is -0.748. The van der Waals surface area contributed by atoms with Crippen molar-refractivity contribution in [2.45, 2.75) is 19.0 Å². The monoisotopic (exact) mass is 479 g/mol. The summed E-state index contributed by atoms with van der Waals surface area (Å²) in [7, 11) is 1.61. The Morgan fingerprint density at radius 2 is 1.70 bits per heavy atom. The zero-order valence-corrected chi connectivity index (χ0v) is 19.5. The van der Waals surface area contributed by atoms with Gasteiger partial charge in [0.25, 0.3) is 5.91 Å². The number of carbonyl (C=O) groups excluding carboxylic acids is 2. The number of nitrogens with one attached hydrogen (secondary N) is 1. The Labute approximate surface area is 202 Å². The van der Waals surface area contributed by atoms with Crippen molar-refractivity contribution in [3.63, 3.8) is 0 Å². The number of anilines is 2. The number of thiocarbonyl (C=S) groups is 1. The van der Waals surface area contributed by atoms with Crippen molar-refractivity contribution < 1.29 is 14.3 Å². The van der Waals surface area contributed by atoms with Crippen molar-refractivity contribution >= 4 is 52.1 Å². The normalized spacial score (nSPS) is 15.6. The van der Waals surface area contributed by atoms with E-state index in [1.54, 1.807) is 36.3 Å². The van der Waals surface area contributed by atoms with Crippen molar-refractivity contribution in [3.05, 3.63) is 89.4 Å². The van der Waals surface area contributed by atoms with Crippen LogP contribution in [-0.2, 0) is 16.1 Å². The first kappa shape index (κ1) is 22.8. The minimum absolute atomic E-state index is 0.0658. The maximum absolute atomic E-state index is 13.4. The molecule has 0 radical (unpaired) electrons. The number of halogens is 1. The molecule has 1 saturated heterocycles. The molecule has 4 rings (SSSR count). The van der Waals surface area contributed by atoms with Gasteiger partial charge in [0, 0.05) is 6.54 Å². The van der Waals surface area contributed by atoms with Crippen LogP contribution in [0.3, 0.4) is 0 Å². The van der Waals surface area contributed by atoms with Gasteiger partial charge in [-0.15, -0.1) is 0 Å². The van der Waals surface area contributed by atoms with Crippen molar-refractivity contribution in [2.24, 2.45) is 0 Å². The summed E-state index contributed by atoms with van der Waals surface area (Å²) in [6.07, 6.45) is -0.0658. The lowest BCUT2D eigenvalue weighted by Crippen LogP contribution is -2.37. The van der Waals surface area contributed by atoms with Crippen molar-refractivity contribution in [1.82, 2.24) is 4.90 Å². The molecule has 0 aromatic heterocycles. The van der Waals surface area contributed by atoms with E-state index in [0.29, 0.717) is 28.1 Å². The highest BCUT2D eigenvalue weighted by molar-refractivity contribution is 7.80. The first-order chi connectivity index (χ1) is 16.0. The van der Waals surface area contributed by atoms with Crippen molar-refractivity contribution in [3.8, 4) is 5.75 Å². The second-order valence-corrected chi connectivity index (χ2v) is 8.29. The second-order valence-electron chi connectivity index (χ2n) is 7.52. The highest BCUT2D eigenvalue weighted by Crippen LogP contribution is 2.29. The molecule has 1 N–H and O–H groups in total. The van der Waals surface area contributed by atoms with E-state index in [2.05, 4.69) is 5.32 Å². The van der Waals surface area contributed by atoms with E-state index in [1.807, 2.05) is 54.6 Å². The van der Waals surface area contributed by atoms with Crippen LogP contribution in [0.5, 0.6) is 5.75 Å². The van der Waals surface area contributed by atoms with Crippen LogP contribution in [0.4, 0.5) is 11.4 Å². The van der Waals surface area contributed by atoms with Crippen LogP contribution in [0.1, 0.15) is 12.0 Å². The van der Waals surface area contributed by atoms with Gasteiger partial charge in [-0.3, -0.25) is 14.5 Å². The SMILES string of the molecule is COc1ccc(CN2C(=S)N(c3ccccc3)C(=O)C2CC(=O)Nc2ccccc2Cl)cc1. The predicted molar refractivity (Wildman–Crippen MR) is 134 cm³/mol. The Kier molecular flexibility index (Phi) is 6.91. The molecule has 8 heteroatoms. The molecule has 1 aliphatic heterocycles. The zero-order chi connectivity index (χ0) is 23.4. The Balaban J connectivity index is 1.60. The van der Waals surface area contributed by atoms with Gasteiger partial charge in [0.05, 0.1) is 29.9 Å². The lowest BCUT2D eigenvalue weighted by atomic mass is 10.1. The number of nitrogens with zero attached hydrogens (tertiary/aromatic N) is 2. The number of ether oxygens (including phenoxy) is 1. The molecular weight excluding hydrogens is 458 g/mol. The zero-order valence-electron chi connectivity index (χ0n) is 17.9. The van der Waals surface area contributed by atoms with Crippen LogP contribution in [0.25, 0.3) is 0 Å². The van der Waals surface area contributed by atoms with E-state index >= 15 is 0 Å². The van der Waals surface area contributed by atoms with E-state index in [-0.39, 0.29) is 18.2 Å². The van der Waals surface area contributed by atoms with Crippen LogP contribution >= 0.6 is 23.8 Å². The fourth-order valence-corrected chi connectivity index (χ4v) is 4.27. The van der Waals surface area contributed by atoms with Crippen LogP contribution in [0, 0.1) is 0 Å². The topological polar surface area (TPSA) is 61.9 Å². The van der Waals surface area contributed by atoms with Gasteiger partial charge in [0.2, 0.25) is 5.91 Å². The van der Waals surface area contributed by atoms with Gasteiger partial charge in [0.1, 0.15) is 11.8 Å². The van der Waals surface area contributed by atoms with Gasteiger partial charge in [-0.2, -0.15) is 0 Å². The van der Waals surface area contributed by atoms with E-state index in [4.69, 9.17) is 28.6 Å². The summed E-state index contributed by atoms with van der Waals surface area (Å²) in [6, 6.07) is 23.0. The summed E-state index contributed by atoms with van der Waals surface area (Å²) in [6.45, 7) is 0.377. The molecule has 0 bridgehead atoms. The second kappa shape index (κ2) is 10.0.